The number of hydrogen-bond donors (Lipinski definition) is 2. The summed E-state index contributed by atoms with van der Waals surface area (Å²) < 4.78 is 10.9. The minimum absolute atomic E-state index is 0. The largest absolute Gasteiger partial charge is 0.493 e. The van der Waals surface area contributed by atoms with E-state index in [-0.39, 0.29) is 36.5 Å². The first-order chi connectivity index (χ1) is 14.7. The van der Waals surface area contributed by atoms with Crippen molar-refractivity contribution < 1.29 is 14.3 Å². The molecule has 1 aromatic carbocycles. The first-order valence-corrected chi connectivity index (χ1v) is 10.7. The van der Waals surface area contributed by atoms with Gasteiger partial charge in [0.2, 0.25) is 5.91 Å². The number of benzene rings is 1. The molecule has 8 heteroatoms. The lowest BCUT2D eigenvalue weighted by atomic mass is 10.2. The van der Waals surface area contributed by atoms with Crippen molar-refractivity contribution in [2.75, 3.05) is 39.9 Å². The third kappa shape index (κ3) is 9.68. The summed E-state index contributed by atoms with van der Waals surface area (Å²) in [4.78, 5) is 18.7. The topological polar surface area (TPSA) is 75.2 Å². The summed E-state index contributed by atoms with van der Waals surface area (Å²) in [6, 6.07) is 5.71. The lowest BCUT2D eigenvalue weighted by molar-refractivity contribution is -0.130. The molecule has 0 saturated carbocycles. The molecule has 0 atom stereocenters. The van der Waals surface area contributed by atoms with E-state index in [0.29, 0.717) is 24.5 Å². The van der Waals surface area contributed by atoms with Gasteiger partial charge in [0.1, 0.15) is 6.61 Å². The number of halogens is 1. The van der Waals surface area contributed by atoms with Gasteiger partial charge in [-0.15, -0.1) is 30.4 Å². The molecule has 172 valence electrons. The van der Waals surface area contributed by atoms with E-state index in [0.717, 1.165) is 63.4 Å². The molecular weight excluding hydrogens is 507 g/mol. The van der Waals surface area contributed by atoms with Crippen LogP contribution in [0, 0.1) is 12.3 Å². The molecule has 1 saturated heterocycles. The van der Waals surface area contributed by atoms with Gasteiger partial charge in [-0.2, -0.15) is 0 Å². The predicted molar refractivity (Wildman–Crippen MR) is 135 cm³/mol. The third-order valence-corrected chi connectivity index (χ3v) is 4.87. The maximum absolute atomic E-state index is 12.1. The van der Waals surface area contributed by atoms with Gasteiger partial charge in [-0.05, 0) is 43.9 Å². The molecule has 0 aromatic heterocycles. The third-order valence-electron chi connectivity index (χ3n) is 4.87. The number of nitrogens with zero attached hydrogens (tertiary/aromatic N) is 2. The number of carbonyl (C=O) groups is 1. The number of carbonyl (C=O) groups excluding carboxylic acids is 1. The number of likely N-dealkylation sites (tertiary alicyclic amines) is 1. The number of ether oxygens (including phenoxy) is 2. The SMILES string of the molecule is C#CCOc1cc(CN=C(NCC)NCCCN2CCCCCC2=O)ccc1OC.I. The Hall–Kier alpha value is -2.15. The van der Waals surface area contributed by atoms with Crippen LogP contribution in [0.4, 0.5) is 0 Å². The summed E-state index contributed by atoms with van der Waals surface area (Å²) in [5, 5.41) is 6.61. The maximum atomic E-state index is 12.1. The van der Waals surface area contributed by atoms with Gasteiger partial charge in [-0.1, -0.05) is 18.4 Å². The summed E-state index contributed by atoms with van der Waals surface area (Å²) >= 11 is 0. The highest BCUT2D eigenvalue weighted by molar-refractivity contribution is 14.0. The monoisotopic (exact) mass is 542 g/mol. The van der Waals surface area contributed by atoms with Crippen molar-refractivity contribution in [3.05, 3.63) is 23.8 Å². The number of nitrogens with one attached hydrogen (secondary N) is 2. The summed E-state index contributed by atoms with van der Waals surface area (Å²) in [7, 11) is 1.60. The molecule has 0 spiro atoms. The molecule has 1 aliphatic rings. The van der Waals surface area contributed by atoms with Gasteiger partial charge in [0.15, 0.2) is 17.5 Å². The molecule has 0 aliphatic carbocycles. The van der Waals surface area contributed by atoms with Gasteiger partial charge in [0, 0.05) is 32.6 Å². The molecule has 0 bridgehead atoms. The lowest BCUT2D eigenvalue weighted by Crippen LogP contribution is -2.39. The van der Waals surface area contributed by atoms with E-state index in [1.54, 1.807) is 7.11 Å². The molecule has 1 fully saturated rings. The van der Waals surface area contributed by atoms with Gasteiger partial charge in [-0.25, -0.2) is 4.99 Å². The molecular formula is C23H35IN4O3. The van der Waals surface area contributed by atoms with Gasteiger partial charge in [0.25, 0.3) is 0 Å². The molecule has 31 heavy (non-hydrogen) atoms. The van der Waals surface area contributed by atoms with Crippen LogP contribution in [-0.2, 0) is 11.3 Å². The second-order valence-corrected chi connectivity index (χ2v) is 7.14. The molecule has 2 rings (SSSR count). The Kier molecular flexibility index (Phi) is 13.5. The Labute approximate surface area is 203 Å². The van der Waals surface area contributed by atoms with Gasteiger partial charge >= 0.3 is 0 Å². The van der Waals surface area contributed by atoms with E-state index >= 15 is 0 Å². The number of guanidine groups is 1. The van der Waals surface area contributed by atoms with Crippen LogP contribution in [0.25, 0.3) is 0 Å². The minimum Gasteiger partial charge on any atom is -0.493 e. The normalized spacial score (nSPS) is 14.2. The molecule has 1 aliphatic heterocycles. The first-order valence-electron chi connectivity index (χ1n) is 10.7. The Balaban J connectivity index is 0.00000480. The molecule has 1 heterocycles. The van der Waals surface area contributed by atoms with Crippen LogP contribution >= 0.6 is 24.0 Å². The van der Waals surface area contributed by atoms with Crippen LogP contribution < -0.4 is 20.1 Å². The Morgan fingerprint density at radius 2 is 2.10 bits per heavy atom. The Morgan fingerprint density at radius 1 is 1.26 bits per heavy atom. The van der Waals surface area contributed by atoms with E-state index in [2.05, 4.69) is 21.5 Å². The number of rotatable bonds is 10. The Morgan fingerprint density at radius 3 is 2.84 bits per heavy atom. The maximum Gasteiger partial charge on any atom is 0.222 e. The van der Waals surface area contributed by atoms with Crippen LogP contribution in [0.1, 0.15) is 44.6 Å². The van der Waals surface area contributed by atoms with Crippen LogP contribution in [0.5, 0.6) is 11.5 Å². The number of hydrogen-bond acceptors (Lipinski definition) is 4. The second-order valence-electron chi connectivity index (χ2n) is 7.14. The fourth-order valence-electron chi connectivity index (χ4n) is 3.32. The van der Waals surface area contributed by atoms with Crippen molar-refractivity contribution in [1.29, 1.82) is 0 Å². The van der Waals surface area contributed by atoms with Crippen molar-refractivity contribution in [2.24, 2.45) is 4.99 Å². The average Bonchev–Trinajstić information content (AvgIpc) is 2.97. The predicted octanol–water partition coefficient (Wildman–Crippen LogP) is 3.17. The molecule has 2 N–H and O–H groups in total. The summed E-state index contributed by atoms with van der Waals surface area (Å²) in [5.41, 5.74) is 0.996. The summed E-state index contributed by atoms with van der Waals surface area (Å²) in [6.07, 6.45) is 10.1. The zero-order valence-corrected chi connectivity index (χ0v) is 20.9. The molecule has 0 unspecified atom stereocenters. The van der Waals surface area contributed by atoms with Crippen molar-refractivity contribution in [3.63, 3.8) is 0 Å². The van der Waals surface area contributed by atoms with E-state index < -0.39 is 0 Å². The van der Waals surface area contributed by atoms with Crippen molar-refractivity contribution >= 4 is 35.8 Å². The minimum atomic E-state index is 0. The van der Waals surface area contributed by atoms with Crippen LogP contribution in [-0.4, -0.2) is 56.7 Å². The quantitative estimate of drug-likeness (QED) is 0.156. The average molecular weight is 542 g/mol. The molecule has 1 aromatic rings. The van der Waals surface area contributed by atoms with Crippen LogP contribution in [0.2, 0.25) is 0 Å². The van der Waals surface area contributed by atoms with E-state index in [4.69, 9.17) is 15.9 Å². The highest BCUT2D eigenvalue weighted by Crippen LogP contribution is 2.28. The lowest BCUT2D eigenvalue weighted by Gasteiger charge is -2.20. The highest BCUT2D eigenvalue weighted by Gasteiger charge is 2.15. The Bertz CT molecular complexity index is 749. The smallest absolute Gasteiger partial charge is 0.222 e. The van der Waals surface area contributed by atoms with Crippen molar-refractivity contribution in [2.45, 2.75) is 45.6 Å². The molecule has 0 radical (unpaired) electrons. The number of aliphatic imine (C=N–C) groups is 1. The van der Waals surface area contributed by atoms with Crippen LogP contribution in [0.3, 0.4) is 0 Å². The highest BCUT2D eigenvalue weighted by atomic mass is 127. The fraction of sp³-hybridized carbons (Fsp3) is 0.565. The van der Waals surface area contributed by atoms with Crippen molar-refractivity contribution in [3.8, 4) is 23.8 Å². The fourth-order valence-corrected chi connectivity index (χ4v) is 3.32. The van der Waals surface area contributed by atoms with E-state index in [9.17, 15) is 4.79 Å². The van der Waals surface area contributed by atoms with Gasteiger partial charge < -0.3 is 25.0 Å². The zero-order chi connectivity index (χ0) is 21.6. The number of amides is 1. The first kappa shape index (κ1) is 26.9. The van der Waals surface area contributed by atoms with Gasteiger partial charge in [0.05, 0.1) is 13.7 Å². The zero-order valence-electron chi connectivity index (χ0n) is 18.6. The van der Waals surface area contributed by atoms with Crippen molar-refractivity contribution in [1.82, 2.24) is 15.5 Å². The second kappa shape index (κ2) is 15.6. The summed E-state index contributed by atoms with van der Waals surface area (Å²) in [5.74, 6) is 4.76. The van der Waals surface area contributed by atoms with E-state index in [1.165, 1.54) is 0 Å². The van der Waals surface area contributed by atoms with E-state index in [1.807, 2.05) is 30.0 Å². The number of methoxy groups -OCH3 is 1. The standard InChI is InChI=1S/C23H34N4O3.HI/c1-4-16-30-21-17-19(11-12-20(21)29-3)18-26-23(24-5-2)25-13-9-15-27-14-8-6-7-10-22(27)28;/h1,11-12,17H,5-10,13-16,18H2,2-3H3,(H2,24,25,26);1H. The van der Waals surface area contributed by atoms with Crippen LogP contribution in [0.15, 0.2) is 23.2 Å². The molecule has 7 nitrogen and oxygen atoms in total. The summed E-state index contributed by atoms with van der Waals surface area (Å²) in [6.45, 7) is 5.92. The van der Waals surface area contributed by atoms with Gasteiger partial charge in [-0.3, -0.25) is 4.79 Å². The molecule has 1 amide bonds. The number of terminal acetylenes is 1.